The van der Waals surface area contributed by atoms with E-state index < -0.39 is 0 Å². The van der Waals surface area contributed by atoms with Crippen molar-refractivity contribution in [1.82, 2.24) is 9.78 Å². The van der Waals surface area contributed by atoms with Crippen molar-refractivity contribution in [1.29, 1.82) is 0 Å². The minimum atomic E-state index is 0.105. The fourth-order valence-corrected chi connectivity index (χ4v) is 2.06. The SMILES string of the molecule is Cc1cc(CC(=O)CS)n(-c2ccccc2C)n1. The lowest BCUT2D eigenvalue weighted by atomic mass is 10.2. The van der Waals surface area contributed by atoms with Crippen molar-refractivity contribution in [2.75, 3.05) is 5.75 Å². The molecule has 0 unspecified atom stereocenters. The molecule has 0 aliphatic carbocycles. The number of aryl methyl sites for hydroxylation is 2. The number of Topliss-reactive ketones (excluding diaryl/α,β-unsaturated/α-hetero) is 1. The molecule has 18 heavy (non-hydrogen) atoms. The molecule has 0 aliphatic heterocycles. The van der Waals surface area contributed by atoms with E-state index in [0.717, 1.165) is 22.6 Å². The van der Waals surface area contributed by atoms with Crippen molar-refractivity contribution in [2.45, 2.75) is 20.3 Å². The molecule has 0 spiro atoms. The second-order valence-electron chi connectivity index (χ2n) is 4.35. The van der Waals surface area contributed by atoms with Gasteiger partial charge in [-0.05, 0) is 31.5 Å². The molecule has 0 saturated heterocycles. The van der Waals surface area contributed by atoms with Gasteiger partial charge in [0.15, 0.2) is 0 Å². The number of carbonyl (C=O) groups excluding carboxylic acids is 1. The molecule has 2 rings (SSSR count). The lowest BCUT2D eigenvalue weighted by molar-refractivity contribution is -0.116. The van der Waals surface area contributed by atoms with Crippen LogP contribution in [-0.2, 0) is 11.2 Å². The zero-order valence-corrected chi connectivity index (χ0v) is 11.4. The second kappa shape index (κ2) is 5.40. The van der Waals surface area contributed by atoms with Gasteiger partial charge in [-0.25, -0.2) is 4.68 Å². The van der Waals surface area contributed by atoms with Gasteiger partial charge in [-0.1, -0.05) is 18.2 Å². The van der Waals surface area contributed by atoms with E-state index in [1.54, 1.807) is 0 Å². The Morgan fingerprint density at radius 1 is 1.33 bits per heavy atom. The van der Waals surface area contributed by atoms with E-state index in [1.807, 2.05) is 48.9 Å². The Morgan fingerprint density at radius 2 is 2.06 bits per heavy atom. The van der Waals surface area contributed by atoms with Crippen molar-refractivity contribution >= 4 is 18.4 Å². The molecule has 0 bridgehead atoms. The van der Waals surface area contributed by atoms with Crippen molar-refractivity contribution < 1.29 is 4.79 Å². The summed E-state index contributed by atoms with van der Waals surface area (Å²) in [5, 5.41) is 4.47. The first-order valence-corrected chi connectivity index (χ1v) is 6.49. The standard InChI is InChI=1S/C14H16N2OS/c1-10-5-3-4-6-14(10)16-12(7-11(2)15-16)8-13(17)9-18/h3-7,18H,8-9H2,1-2H3. The molecule has 0 radical (unpaired) electrons. The smallest absolute Gasteiger partial charge is 0.148 e. The maximum Gasteiger partial charge on any atom is 0.148 e. The summed E-state index contributed by atoms with van der Waals surface area (Å²) in [5.41, 5.74) is 3.99. The van der Waals surface area contributed by atoms with E-state index in [4.69, 9.17) is 0 Å². The molecule has 1 aromatic carbocycles. The number of hydrogen-bond acceptors (Lipinski definition) is 3. The summed E-state index contributed by atoms with van der Waals surface area (Å²) in [6, 6.07) is 9.97. The van der Waals surface area contributed by atoms with Crippen molar-refractivity contribution in [3.8, 4) is 5.69 Å². The van der Waals surface area contributed by atoms with Gasteiger partial charge in [-0.15, -0.1) is 0 Å². The van der Waals surface area contributed by atoms with Gasteiger partial charge in [0, 0.05) is 12.2 Å². The fraction of sp³-hybridized carbons (Fsp3) is 0.286. The molecule has 0 saturated carbocycles. The highest BCUT2D eigenvalue weighted by atomic mass is 32.1. The molecule has 94 valence electrons. The molecule has 0 fully saturated rings. The number of para-hydroxylation sites is 1. The van der Waals surface area contributed by atoms with Crippen molar-refractivity contribution in [3.63, 3.8) is 0 Å². The fourth-order valence-electron chi connectivity index (χ4n) is 1.95. The summed E-state index contributed by atoms with van der Waals surface area (Å²) in [6.45, 7) is 3.97. The molecule has 1 aromatic heterocycles. The number of aromatic nitrogens is 2. The Kier molecular flexibility index (Phi) is 3.87. The van der Waals surface area contributed by atoms with Gasteiger partial charge in [0.1, 0.15) is 5.78 Å². The Labute approximate surface area is 112 Å². The van der Waals surface area contributed by atoms with E-state index in [9.17, 15) is 4.79 Å². The minimum Gasteiger partial charge on any atom is -0.298 e. The van der Waals surface area contributed by atoms with Crippen LogP contribution in [0.15, 0.2) is 30.3 Å². The van der Waals surface area contributed by atoms with Crippen LogP contribution in [0.25, 0.3) is 5.69 Å². The van der Waals surface area contributed by atoms with E-state index in [2.05, 4.69) is 17.7 Å². The molecule has 0 amide bonds. The summed E-state index contributed by atoms with van der Waals surface area (Å²) in [4.78, 5) is 11.5. The van der Waals surface area contributed by atoms with Gasteiger partial charge in [-0.3, -0.25) is 4.79 Å². The lowest BCUT2D eigenvalue weighted by Crippen LogP contribution is -2.10. The maximum atomic E-state index is 11.5. The van der Waals surface area contributed by atoms with Crippen molar-refractivity contribution in [2.24, 2.45) is 0 Å². The number of carbonyl (C=O) groups is 1. The molecule has 0 atom stereocenters. The largest absolute Gasteiger partial charge is 0.298 e. The lowest BCUT2D eigenvalue weighted by Gasteiger charge is -2.09. The third-order valence-electron chi connectivity index (χ3n) is 2.80. The Hall–Kier alpha value is -1.55. The van der Waals surface area contributed by atoms with Gasteiger partial charge >= 0.3 is 0 Å². The predicted molar refractivity (Wildman–Crippen MR) is 75.6 cm³/mol. The van der Waals surface area contributed by atoms with Crippen LogP contribution in [0.4, 0.5) is 0 Å². The second-order valence-corrected chi connectivity index (χ2v) is 4.67. The van der Waals surface area contributed by atoms with Crippen LogP contribution in [0, 0.1) is 13.8 Å². The first-order valence-electron chi connectivity index (χ1n) is 5.86. The first kappa shape index (κ1) is 12.9. The normalized spacial score (nSPS) is 10.6. The molecule has 2 aromatic rings. The van der Waals surface area contributed by atoms with E-state index >= 15 is 0 Å². The number of ketones is 1. The van der Waals surface area contributed by atoms with E-state index in [-0.39, 0.29) is 11.5 Å². The van der Waals surface area contributed by atoms with Crippen LogP contribution < -0.4 is 0 Å². The Bertz CT molecular complexity index is 575. The summed E-state index contributed by atoms with van der Waals surface area (Å²) in [7, 11) is 0. The number of benzene rings is 1. The molecular weight excluding hydrogens is 244 g/mol. The molecule has 0 N–H and O–H groups in total. The predicted octanol–water partition coefficient (Wildman–Crippen LogP) is 2.53. The molecule has 3 nitrogen and oxygen atoms in total. The van der Waals surface area contributed by atoms with Crippen LogP contribution in [0.2, 0.25) is 0 Å². The monoisotopic (exact) mass is 260 g/mol. The number of nitrogens with zero attached hydrogens (tertiary/aromatic N) is 2. The van der Waals surface area contributed by atoms with Crippen LogP contribution >= 0.6 is 12.6 Å². The maximum absolute atomic E-state index is 11.5. The van der Waals surface area contributed by atoms with Gasteiger partial charge in [0.2, 0.25) is 0 Å². The van der Waals surface area contributed by atoms with Crippen LogP contribution in [0.1, 0.15) is 17.0 Å². The van der Waals surface area contributed by atoms with E-state index in [1.165, 1.54) is 0 Å². The van der Waals surface area contributed by atoms with Crippen LogP contribution in [-0.4, -0.2) is 21.3 Å². The number of thiol groups is 1. The molecule has 4 heteroatoms. The van der Waals surface area contributed by atoms with Crippen LogP contribution in [0.3, 0.4) is 0 Å². The molecule has 0 aliphatic rings. The third-order valence-corrected chi connectivity index (χ3v) is 3.16. The van der Waals surface area contributed by atoms with Gasteiger partial charge in [0.25, 0.3) is 0 Å². The summed E-state index contributed by atoms with van der Waals surface area (Å²) >= 11 is 4.02. The Morgan fingerprint density at radius 3 is 2.72 bits per heavy atom. The Balaban J connectivity index is 2.45. The molecule has 1 heterocycles. The highest BCUT2D eigenvalue weighted by Gasteiger charge is 2.12. The average Bonchev–Trinajstić information content (AvgIpc) is 2.70. The van der Waals surface area contributed by atoms with Gasteiger partial charge < -0.3 is 0 Å². The average molecular weight is 260 g/mol. The number of rotatable bonds is 4. The van der Waals surface area contributed by atoms with Crippen LogP contribution in [0.5, 0.6) is 0 Å². The number of hydrogen-bond donors (Lipinski definition) is 1. The molecular formula is C14H16N2OS. The van der Waals surface area contributed by atoms with Crippen molar-refractivity contribution in [3.05, 3.63) is 47.3 Å². The minimum absolute atomic E-state index is 0.105. The first-order chi connectivity index (χ1) is 8.61. The highest BCUT2D eigenvalue weighted by molar-refractivity contribution is 7.81. The topological polar surface area (TPSA) is 34.9 Å². The summed E-state index contributed by atoms with van der Waals surface area (Å²) in [5.74, 6) is 0.367. The quantitative estimate of drug-likeness (QED) is 0.857. The van der Waals surface area contributed by atoms with Gasteiger partial charge in [0.05, 0.1) is 17.1 Å². The van der Waals surface area contributed by atoms with E-state index in [0.29, 0.717) is 6.42 Å². The summed E-state index contributed by atoms with van der Waals surface area (Å²) < 4.78 is 1.85. The highest BCUT2D eigenvalue weighted by Crippen LogP contribution is 2.17. The summed E-state index contributed by atoms with van der Waals surface area (Å²) in [6.07, 6.45) is 0.374. The zero-order chi connectivity index (χ0) is 13.1. The van der Waals surface area contributed by atoms with Gasteiger partial charge in [-0.2, -0.15) is 17.7 Å². The zero-order valence-electron chi connectivity index (χ0n) is 10.6. The third kappa shape index (κ3) is 2.64.